The van der Waals surface area contributed by atoms with Crippen LogP contribution in [0.2, 0.25) is 5.04 Å². The second-order valence-electron chi connectivity index (χ2n) is 10.7. The van der Waals surface area contributed by atoms with E-state index < -0.39 is 5.60 Å². The average molecular weight is 433 g/mol. The van der Waals surface area contributed by atoms with Crippen LogP contribution in [0.3, 0.4) is 0 Å². The monoisotopic (exact) mass is 432 g/mol. The highest BCUT2D eigenvalue weighted by atomic mass is 28.2. The number of benzene rings is 1. The number of ether oxygens (including phenoxy) is 1. The third kappa shape index (κ3) is 7.10. The van der Waals surface area contributed by atoms with E-state index in [1.807, 2.05) is 6.07 Å². The molecule has 0 bridgehead atoms. The van der Waals surface area contributed by atoms with Crippen molar-refractivity contribution < 1.29 is 14.3 Å². The van der Waals surface area contributed by atoms with E-state index in [1.54, 1.807) is 7.11 Å². The van der Waals surface area contributed by atoms with Gasteiger partial charge in [0.15, 0.2) is 0 Å². The van der Waals surface area contributed by atoms with Crippen molar-refractivity contribution in [2.24, 2.45) is 5.41 Å². The molecule has 1 unspecified atom stereocenters. The van der Waals surface area contributed by atoms with Gasteiger partial charge in [0.1, 0.15) is 5.75 Å². The molecule has 1 aliphatic carbocycles. The minimum absolute atomic E-state index is 0.113. The number of aliphatic hydroxyl groups is 1. The van der Waals surface area contributed by atoms with E-state index in [0.717, 1.165) is 37.2 Å². The van der Waals surface area contributed by atoms with Crippen molar-refractivity contribution in [1.82, 2.24) is 0 Å². The lowest BCUT2D eigenvalue weighted by molar-refractivity contribution is -0.0773. The van der Waals surface area contributed by atoms with Crippen LogP contribution in [-0.4, -0.2) is 28.6 Å². The Kier molecular flexibility index (Phi) is 9.45. The molecular weight excluding hydrogens is 388 g/mol. The molecule has 3 nitrogen and oxygen atoms in total. The summed E-state index contributed by atoms with van der Waals surface area (Å²) >= 11 is 0. The van der Waals surface area contributed by atoms with Gasteiger partial charge in [-0.25, -0.2) is 0 Å². The molecule has 0 saturated heterocycles. The predicted octanol–water partition coefficient (Wildman–Crippen LogP) is 6.83. The van der Waals surface area contributed by atoms with Crippen LogP contribution in [0.15, 0.2) is 18.2 Å². The van der Waals surface area contributed by atoms with Crippen molar-refractivity contribution in [2.75, 3.05) is 13.7 Å². The van der Waals surface area contributed by atoms with Crippen LogP contribution in [0.5, 0.6) is 5.75 Å². The van der Waals surface area contributed by atoms with Crippen molar-refractivity contribution >= 4 is 9.76 Å². The molecule has 0 aliphatic heterocycles. The zero-order valence-electron chi connectivity index (χ0n) is 20.3. The van der Waals surface area contributed by atoms with E-state index in [1.165, 1.54) is 50.5 Å². The molecule has 1 atom stereocenters. The van der Waals surface area contributed by atoms with Gasteiger partial charge in [0, 0.05) is 6.61 Å². The summed E-state index contributed by atoms with van der Waals surface area (Å²) in [6, 6.07) is 6.16. The molecule has 1 aromatic carbocycles. The molecule has 0 spiro atoms. The Balaban J connectivity index is 1.63. The number of unbranched alkanes of at least 4 members (excludes halogenated alkanes) is 6. The number of methoxy groups -OCH3 is 1. The lowest BCUT2D eigenvalue weighted by Gasteiger charge is -2.41. The van der Waals surface area contributed by atoms with Crippen LogP contribution in [0.1, 0.15) is 104 Å². The first kappa shape index (κ1) is 25.4. The summed E-state index contributed by atoms with van der Waals surface area (Å²) in [4.78, 5) is 0. The normalized spacial score (nSPS) is 19.2. The van der Waals surface area contributed by atoms with Gasteiger partial charge < -0.3 is 14.3 Å². The molecule has 0 amide bonds. The summed E-state index contributed by atoms with van der Waals surface area (Å²) in [5.41, 5.74) is 1.53. The quantitative estimate of drug-likeness (QED) is 0.274. The fraction of sp³-hybridized carbons (Fsp3) is 0.769. The summed E-state index contributed by atoms with van der Waals surface area (Å²) in [6.07, 6.45) is 11.7. The third-order valence-corrected chi connectivity index (χ3v) is 7.52. The molecular formula is C26H44O3Si. The Bertz CT molecular complexity index is 650. The first-order valence-corrected chi connectivity index (χ1v) is 12.8. The van der Waals surface area contributed by atoms with Gasteiger partial charge in [0.25, 0.3) is 0 Å². The highest BCUT2D eigenvalue weighted by Gasteiger charge is 2.48. The van der Waals surface area contributed by atoms with Crippen LogP contribution in [0.4, 0.5) is 0 Å². The number of aryl methyl sites for hydroxylation is 1. The number of fused-ring (bicyclic) bond motifs is 1. The van der Waals surface area contributed by atoms with Gasteiger partial charge in [-0.05, 0) is 59.4 Å². The van der Waals surface area contributed by atoms with Gasteiger partial charge >= 0.3 is 0 Å². The molecule has 0 saturated carbocycles. The standard InChI is InChI=1S/C26H44O3Si/c1-24(2,3)30-29-19-13-11-9-7-8-10-12-17-25(4,5)26(27)18-16-21-20-22(28-6)14-15-23(21)26/h14-15,20,27H,7-13,16-19H2,1-6H3. The van der Waals surface area contributed by atoms with E-state index in [9.17, 15) is 5.11 Å². The minimum atomic E-state index is -0.720. The van der Waals surface area contributed by atoms with Crippen molar-refractivity contribution in [3.63, 3.8) is 0 Å². The van der Waals surface area contributed by atoms with Crippen LogP contribution in [0.25, 0.3) is 0 Å². The maximum absolute atomic E-state index is 11.6. The molecule has 1 aliphatic rings. The minimum Gasteiger partial charge on any atom is -0.497 e. The van der Waals surface area contributed by atoms with Crippen molar-refractivity contribution in [1.29, 1.82) is 0 Å². The maximum atomic E-state index is 11.6. The van der Waals surface area contributed by atoms with Gasteiger partial charge in [-0.2, -0.15) is 0 Å². The summed E-state index contributed by atoms with van der Waals surface area (Å²) < 4.78 is 11.1. The smallest absolute Gasteiger partial charge is 0.235 e. The third-order valence-electron chi connectivity index (χ3n) is 6.56. The van der Waals surface area contributed by atoms with Crippen LogP contribution < -0.4 is 4.74 Å². The Morgan fingerprint density at radius 3 is 2.23 bits per heavy atom. The lowest BCUT2D eigenvalue weighted by atomic mass is 9.68. The van der Waals surface area contributed by atoms with Crippen molar-refractivity contribution in [2.45, 2.75) is 109 Å². The van der Waals surface area contributed by atoms with Gasteiger partial charge in [-0.1, -0.05) is 79.2 Å². The summed E-state index contributed by atoms with van der Waals surface area (Å²) in [5, 5.41) is 11.9. The number of hydrogen-bond donors (Lipinski definition) is 1. The van der Waals surface area contributed by atoms with Gasteiger partial charge in [-0.3, -0.25) is 0 Å². The highest BCUT2D eigenvalue weighted by molar-refractivity contribution is 6.31. The molecule has 2 rings (SSSR count). The van der Waals surface area contributed by atoms with Crippen LogP contribution in [0, 0.1) is 5.41 Å². The Morgan fingerprint density at radius 2 is 1.60 bits per heavy atom. The van der Waals surface area contributed by atoms with E-state index in [2.05, 4.69) is 46.8 Å². The molecule has 4 heteroatoms. The molecule has 0 heterocycles. The maximum Gasteiger partial charge on any atom is 0.235 e. The molecule has 2 radical (unpaired) electrons. The largest absolute Gasteiger partial charge is 0.497 e. The Hall–Kier alpha value is -0.843. The Labute approximate surface area is 187 Å². The second-order valence-corrected chi connectivity index (χ2v) is 12.7. The number of hydrogen-bond acceptors (Lipinski definition) is 3. The highest BCUT2D eigenvalue weighted by Crippen LogP contribution is 2.51. The molecule has 1 aromatic rings. The molecule has 170 valence electrons. The van der Waals surface area contributed by atoms with Crippen molar-refractivity contribution in [3.8, 4) is 5.75 Å². The summed E-state index contributed by atoms with van der Waals surface area (Å²) in [6.45, 7) is 12.1. The van der Waals surface area contributed by atoms with E-state index in [0.29, 0.717) is 14.8 Å². The van der Waals surface area contributed by atoms with E-state index in [-0.39, 0.29) is 5.41 Å². The SMILES string of the molecule is COc1ccc2c(c1)CCC2(O)C(C)(C)CCCCCCCCCO[Si]C(C)(C)C. The molecule has 1 N–H and O–H groups in total. The topological polar surface area (TPSA) is 38.7 Å². The van der Waals surface area contributed by atoms with Crippen LogP contribution in [-0.2, 0) is 16.4 Å². The second kappa shape index (κ2) is 11.1. The van der Waals surface area contributed by atoms with Crippen molar-refractivity contribution in [3.05, 3.63) is 29.3 Å². The fourth-order valence-corrected chi connectivity index (χ4v) is 5.24. The summed E-state index contributed by atoms with van der Waals surface area (Å²) in [7, 11) is 2.31. The zero-order valence-corrected chi connectivity index (χ0v) is 21.3. The van der Waals surface area contributed by atoms with Gasteiger partial charge in [0.2, 0.25) is 9.76 Å². The summed E-state index contributed by atoms with van der Waals surface area (Å²) in [5.74, 6) is 0.886. The predicted molar refractivity (Wildman–Crippen MR) is 127 cm³/mol. The fourth-order valence-electron chi connectivity index (χ4n) is 4.56. The zero-order chi connectivity index (χ0) is 22.3. The first-order chi connectivity index (χ1) is 14.1. The Morgan fingerprint density at radius 1 is 0.967 bits per heavy atom. The first-order valence-electron chi connectivity index (χ1n) is 11.9. The van der Waals surface area contributed by atoms with Gasteiger partial charge in [-0.15, -0.1) is 0 Å². The molecule has 0 aromatic heterocycles. The van der Waals surface area contributed by atoms with Crippen LogP contribution >= 0.6 is 0 Å². The molecule has 0 fully saturated rings. The van der Waals surface area contributed by atoms with Gasteiger partial charge in [0.05, 0.1) is 12.7 Å². The molecule has 30 heavy (non-hydrogen) atoms. The van der Waals surface area contributed by atoms with E-state index >= 15 is 0 Å². The van der Waals surface area contributed by atoms with E-state index in [4.69, 9.17) is 9.16 Å². The number of rotatable bonds is 13. The lowest BCUT2D eigenvalue weighted by Crippen LogP contribution is -2.40. The average Bonchev–Trinajstić information content (AvgIpc) is 3.03.